The maximum absolute atomic E-state index is 5.76. The molecule has 0 amide bonds. The van der Waals surface area contributed by atoms with E-state index in [2.05, 4.69) is 15.3 Å². The van der Waals surface area contributed by atoms with Crippen molar-refractivity contribution >= 4 is 27.9 Å². The SMILES string of the molecule is Cc1nnc(-n2ncc3ccc(N)cc32)s1. The molecule has 0 aliphatic carbocycles. The fourth-order valence-corrected chi connectivity index (χ4v) is 2.22. The molecule has 80 valence electrons. The van der Waals surface area contributed by atoms with Gasteiger partial charge in [-0.3, -0.25) is 0 Å². The van der Waals surface area contributed by atoms with Crippen LogP contribution in [0.4, 0.5) is 5.69 Å². The van der Waals surface area contributed by atoms with Gasteiger partial charge in [0.1, 0.15) is 5.01 Å². The van der Waals surface area contributed by atoms with Crippen molar-refractivity contribution in [3.63, 3.8) is 0 Å². The van der Waals surface area contributed by atoms with Crippen molar-refractivity contribution < 1.29 is 0 Å². The summed E-state index contributed by atoms with van der Waals surface area (Å²) in [5.74, 6) is 0. The summed E-state index contributed by atoms with van der Waals surface area (Å²) in [4.78, 5) is 0. The van der Waals surface area contributed by atoms with E-state index in [1.807, 2.05) is 25.1 Å². The van der Waals surface area contributed by atoms with Gasteiger partial charge in [-0.1, -0.05) is 11.3 Å². The van der Waals surface area contributed by atoms with Gasteiger partial charge in [-0.25, -0.2) is 4.68 Å². The summed E-state index contributed by atoms with van der Waals surface area (Å²) in [6.07, 6.45) is 1.80. The van der Waals surface area contributed by atoms with Gasteiger partial charge in [-0.2, -0.15) is 5.10 Å². The van der Waals surface area contributed by atoms with E-state index in [-0.39, 0.29) is 0 Å². The molecule has 0 unspecified atom stereocenters. The molecular formula is C10H9N5S. The Labute approximate surface area is 95.5 Å². The minimum atomic E-state index is 0.718. The molecule has 0 bridgehead atoms. The second-order valence-electron chi connectivity index (χ2n) is 3.48. The maximum atomic E-state index is 5.76. The number of anilines is 1. The summed E-state index contributed by atoms with van der Waals surface area (Å²) in [7, 11) is 0. The van der Waals surface area contributed by atoms with E-state index in [0.29, 0.717) is 0 Å². The molecule has 0 radical (unpaired) electrons. The second kappa shape index (κ2) is 3.28. The molecule has 16 heavy (non-hydrogen) atoms. The Morgan fingerprint density at radius 3 is 2.94 bits per heavy atom. The first kappa shape index (κ1) is 9.29. The lowest BCUT2D eigenvalue weighted by Gasteiger charge is -1.98. The highest BCUT2D eigenvalue weighted by Gasteiger charge is 2.08. The van der Waals surface area contributed by atoms with Crippen LogP contribution >= 0.6 is 11.3 Å². The van der Waals surface area contributed by atoms with Gasteiger partial charge in [0.2, 0.25) is 5.13 Å². The van der Waals surface area contributed by atoms with E-state index in [4.69, 9.17) is 5.73 Å². The van der Waals surface area contributed by atoms with Gasteiger partial charge in [0.25, 0.3) is 0 Å². The molecule has 2 heterocycles. The van der Waals surface area contributed by atoms with Crippen molar-refractivity contribution in [2.75, 3.05) is 5.73 Å². The normalized spacial score (nSPS) is 11.1. The minimum Gasteiger partial charge on any atom is -0.399 e. The van der Waals surface area contributed by atoms with Crippen molar-refractivity contribution in [2.45, 2.75) is 6.92 Å². The molecule has 5 nitrogen and oxygen atoms in total. The molecule has 3 rings (SSSR count). The third-order valence-electron chi connectivity index (χ3n) is 2.29. The number of nitrogens with two attached hydrogens (primary N) is 1. The van der Waals surface area contributed by atoms with Crippen LogP contribution in [0.2, 0.25) is 0 Å². The van der Waals surface area contributed by atoms with Crippen molar-refractivity contribution in [2.24, 2.45) is 0 Å². The summed E-state index contributed by atoms with van der Waals surface area (Å²) in [6, 6.07) is 5.70. The third kappa shape index (κ3) is 1.35. The highest BCUT2D eigenvalue weighted by molar-refractivity contribution is 7.13. The number of benzene rings is 1. The first-order valence-electron chi connectivity index (χ1n) is 4.78. The summed E-state index contributed by atoms with van der Waals surface area (Å²) in [5.41, 5.74) is 7.43. The number of hydrogen-bond acceptors (Lipinski definition) is 5. The second-order valence-corrected chi connectivity index (χ2v) is 4.64. The molecule has 0 fully saturated rings. The third-order valence-corrected chi connectivity index (χ3v) is 3.11. The number of nitrogen functional groups attached to an aromatic ring is 1. The Bertz CT molecular complexity index is 654. The van der Waals surface area contributed by atoms with Crippen LogP contribution < -0.4 is 5.73 Å². The van der Waals surface area contributed by atoms with Crippen LogP contribution in [0.1, 0.15) is 5.01 Å². The molecular weight excluding hydrogens is 222 g/mol. The van der Waals surface area contributed by atoms with Crippen LogP contribution in [0, 0.1) is 6.92 Å². The zero-order valence-corrected chi connectivity index (χ0v) is 9.40. The first-order valence-corrected chi connectivity index (χ1v) is 5.59. The standard InChI is InChI=1S/C10H9N5S/c1-6-13-14-10(16-6)15-9-4-8(11)3-2-7(9)5-12-15/h2-5H,11H2,1H3. The van der Waals surface area contributed by atoms with Gasteiger partial charge < -0.3 is 5.73 Å². The molecule has 6 heteroatoms. The summed E-state index contributed by atoms with van der Waals surface area (Å²) in [6.45, 7) is 1.92. The highest BCUT2D eigenvalue weighted by atomic mass is 32.1. The molecule has 0 atom stereocenters. The molecule has 2 aromatic heterocycles. The summed E-state index contributed by atoms with van der Waals surface area (Å²) < 4.78 is 1.76. The number of nitrogens with zero attached hydrogens (tertiary/aromatic N) is 4. The zero-order chi connectivity index (χ0) is 11.1. The van der Waals surface area contributed by atoms with Crippen molar-refractivity contribution in [3.8, 4) is 5.13 Å². The van der Waals surface area contributed by atoms with E-state index >= 15 is 0 Å². The van der Waals surface area contributed by atoms with Gasteiger partial charge in [0, 0.05) is 11.1 Å². The largest absolute Gasteiger partial charge is 0.399 e. The zero-order valence-electron chi connectivity index (χ0n) is 8.58. The fraction of sp³-hybridized carbons (Fsp3) is 0.100. The Morgan fingerprint density at radius 1 is 1.31 bits per heavy atom. The van der Waals surface area contributed by atoms with Crippen LogP contribution in [-0.2, 0) is 0 Å². The Morgan fingerprint density at radius 2 is 2.19 bits per heavy atom. The molecule has 1 aromatic carbocycles. The summed E-state index contributed by atoms with van der Waals surface area (Å²) >= 11 is 1.50. The highest BCUT2D eigenvalue weighted by Crippen LogP contribution is 2.22. The van der Waals surface area contributed by atoms with Crippen molar-refractivity contribution in [1.82, 2.24) is 20.0 Å². The fourth-order valence-electron chi connectivity index (χ4n) is 1.56. The van der Waals surface area contributed by atoms with Crippen LogP contribution in [0.25, 0.3) is 16.0 Å². The monoisotopic (exact) mass is 231 g/mol. The number of rotatable bonds is 1. The molecule has 0 aliphatic rings. The predicted octanol–water partition coefficient (Wildman–Crippen LogP) is 1.77. The van der Waals surface area contributed by atoms with Gasteiger partial charge in [-0.05, 0) is 25.1 Å². The van der Waals surface area contributed by atoms with Gasteiger partial charge in [0.15, 0.2) is 0 Å². The Kier molecular flexibility index (Phi) is 1.90. The average molecular weight is 231 g/mol. The van der Waals surface area contributed by atoms with Crippen LogP contribution in [0.3, 0.4) is 0 Å². The topological polar surface area (TPSA) is 69.6 Å². The lowest BCUT2D eigenvalue weighted by molar-refractivity contribution is 0.868. The maximum Gasteiger partial charge on any atom is 0.233 e. The average Bonchev–Trinajstić information content (AvgIpc) is 2.83. The Balaban J connectivity index is 2.27. The molecule has 0 saturated heterocycles. The van der Waals surface area contributed by atoms with Crippen LogP contribution in [0.5, 0.6) is 0 Å². The van der Waals surface area contributed by atoms with Gasteiger partial charge >= 0.3 is 0 Å². The van der Waals surface area contributed by atoms with E-state index in [0.717, 1.165) is 26.7 Å². The van der Waals surface area contributed by atoms with Crippen LogP contribution in [0.15, 0.2) is 24.4 Å². The van der Waals surface area contributed by atoms with E-state index in [1.165, 1.54) is 11.3 Å². The molecule has 2 N–H and O–H groups in total. The van der Waals surface area contributed by atoms with E-state index in [1.54, 1.807) is 10.9 Å². The smallest absolute Gasteiger partial charge is 0.233 e. The molecule has 0 aliphatic heterocycles. The first-order chi connectivity index (χ1) is 7.74. The molecule has 0 spiro atoms. The molecule has 0 saturated carbocycles. The van der Waals surface area contributed by atoms with Gasteiger partial charge in [-0.15, -0.1) is 10.2 Å². The minimum absolute atomic E-state index is 0.718. The number of aromatic nitrogens is 4. The number of aryl methyl sites for hydroxylation is 1. The number of fused-ring (bicyclic) bond motifs is 1. The lowest BCUT2D eigenvalue weighted by atomic mass is 10.2. The Hall–Kier alpha value is -1.95. The summed E-state index contributed by atoms with van der Waals surface area (Å²) in [5, 5.41) is 15.1. The quantitative estimate of drug-likeness (QED) is 0.648. The van der Waals surface area contributed by atoms with Gasteiger partial charge in [0.05, 0.1) is 11.7 Å². The molecule has 3 aromatic rings. The van der Waals surface area contributed by atoms with Crippen molar-refractivity contribution in [3.05, 3.63) is 29.4 Å². The predicted molar refractivity (Wildman–Crippen MR) is 63.7 cm³/mol. The van der Waals surface area contributed by atoms with E-state index in [9.17, 15) is 0 Å². The number of hydrogen-bond donors (Lipinski definition) is 1. The lowest BCUT2D eigenvalue weighted by Crippen LogP contribution is -1.95. The van der Waals surface area contributed by atoms with E-state index < -0.39 is 0 Å². The van der Waals surface area contributed by atoms with Crippen LogP contribution in [-0.4, -0.2) is 20.0 Å². The van der Waals surface area contributed by atoms with Crippen molar-refractivity contribution in [1.29, 1.82) is 0 Å².